The zero-order chi connectivity index (χ0) is 23.3. The van der Waals surface area contributed by atoms with Gasteiger partial charge in [0, 0.05) is 16.0 Å². The number of benzene rings is 1. The lowest BCUT2D eigenvalue weighted by Crippen LogP contribution is -2.40. The van der Waals surface area contributed by atoms with Gasteiger partial charge in [0.1, 0.15) is 16.9 Å². The quantitative estimate of drug-likeness (QED) is 0.346. The molecule has 0 aliphatic heterocycles. The second kappa shape index (κ2) is 11.0. The molecular formula is C20H20Cl2FNO6S. The van der Waals surface area contributed by atoms with Gasteiger partial charge in [-0.3, -0.25) is 14.4 Å². The van der Waals surface area contributed by atoms with E-state index in [4.69, 9.17) is 23.2 Å². The van der Waals surface area contributed by atoms with E-state index in [1.165, 1.54) is 7.11 Å². The van der Waals surface area contributed by atoms with Crippen molar-refractivity contribution in [3.63, 3.8) is 0 Å². The van der Waals surface area contributed by atoms with Gasteiger partial charge in [-0.15, -0.1) is 23.4 Å². The number of aliphatic carboxylic acids is 1. The lowest BCUT2D eigenvalue weighted by atomic mass is 9.90. The second-order valence-electron chi connectivity index (χ2n) is 6.65. The molecule has 1 aliphatic carbocycles. The van der Waals surface area contributed by atoms with Crippen molar-refractivity contribution in [2.24, 2.45) is 0 Å². The first-order valence-corrected chi connectivity index (χ1v) is 11.0. The fourth-order valence-corrected chi connectivity index (χ4v) is 4.44. The minimum atomic E-state index is -1.26. The fraction of sp³-hybridized carbons (Fsp3) is 0.400. The first-order valence-electron chi connectivity index (χ1n) is 9.24. The Morgan fingerprint density at radius 1 is 1.23 bits per heavy atom. The first kappa shape index (κ1) is 25.2. The number of rotatable bonds is 7. The predicted octanol–water partition coefficient (Wildman–Crippen LogP) is 4.19. The minimum Gasteiger partial charge on any atom is -0.478 e. The number of imide groups is 1. The topological polar surface area (TPSA) is 101 Å². The molecule has 0 saturated heterocycles. The Labute approximate surface area is 192 Å². The summed E-state index contributed by atoms with van der Waals surface area (Å²) in [6.07, 6.45) is 1.45. The number of anilines is 1. The Morgan fingerprint density at radius 3 is 2.39 bits per heavy atom. The molecule has 0 heterocycles. The van der Waals surface area contributed by atoms with Crippen LogP contribution in [0.25, 0.3) is 0 Å². The van der Waals surface area contributed by atoms with E-state index < -0.39 is 46.4 Å². The highest BCUT2D eigenvalue weighted by atomic mass is 35.5. The number of carboxylic acids is 1. The Balaban J connectivity index is 2.57. The van der Waals surface area contributed by atoms with Gasteiger partial charge in [0.2, 0.25) is 5.91 Å². The zero-order valence-electron chi connectivity index (χ0n) is 16.7. The van der Waals surface area contributed by atoms with Gasteiger partial charge in [-0.1, -0.05) is 11.6 Å². The third-order valence-electron chi connectivity index (χ3n) is 4.63. The Kier molecular flexibility index (Phi) is 8.90. The maximum Gasteiger partial charge on any atom is 0.332 e. The third-order valence-corrected chi connectivity index (χ3v) is 6.42. The van der Waals surface area contributed by atoms with Crippen LogP contribution in [0.1, 0.15) is 32.6 Å². The fourth-order valence-electron chi connectivity index (χ4n) is 3.11. The van der Waals surface area contributed by atoms with E-state index in [1.54, 1.807) is 6.92 Å². The summed E-state index contributed by atoms with van der Waals surface area (Å²) in [4.78, 5) is 49.8. The van der Waals surface area contributed by atoms with Gasteiger partial charge in [0.25, 0.3) is 5.91 Å². The van der Waals surface area contributed by atoms with Crippen LogP contribution in [0.2, 0.25) is 5.02 Å². The zero-order valence-corrected chi connectivity index (χ0v) is 19.1. The van der Waals surface area contributed by atoms with Gasteiger partial charge in [-0.2, -0.15) is 0 Å². The summed E-state index contributed by atoms with van der Waals surface area (Å²) in [5.74, 6) is -5.28. The Morgan fingerprint density at radius 2 is 1.84 bits per heavy atom. The van der Waals surface area contributed by atoms with Crippen LogP contribution in [-0.2, 0) is 23.9 Å². The molecule has 1 N–H and O–H groups in total. The highest BCUT2D eigenvalue weighted by Gasteiger charge is 2.33. The number of esters is 1. The van der Waals surface area contributed by atoms with Crippen molar-refractivity contribution < 1.29 is 33.4 Å². The molecule has 7 nitrogen and oxygen atoms in total. The van der Waals surface area contributed by atoms with E-state index in [0.29, 0.717) is 17.7 Å². The van der Waals surface area contributed by atoms with Crippen LogP contribution in [0.3, 0.4) is 0 Å². The van der Waals surface area contributed by atoms with Crippen LogP contribution in [0.15, 0.2) is 28.2 Å². The largest absolute Gasteiger partial charge is 0.478 e. The van der Waals surface area contributed by atoms with Crippen molar-refractivity contribution in [3.8, 4) is 0 Å². The summed E-state index contributed by atoms with van der Waals surface area (Å²) in [6, 6.07) is 2.08. The maximum absolute atomic E-state index is 14.8. The molecule has 1 aliphatic rings. The summed E-state index contributed by atoms with van der Waals surface area (Å²) < 4.78 is 19.5. The van der Waals surface area contributed by atoms with E-state index >= 15 is 0 Å². The van der Waals surface area contributed by atoms with E-state index in [-0.39, 0.29) is 33.9 Å². The SMILES string of the molecule is COC(=O)C(C)Sc1cc(N(C(=O)CCl)C(=O)C2=C(C(=O)O)CCCC2)c(F)cc1Cl. The summed E-state index contributed by atoms with van der Waals surface area (Å²) in [5.41, 5.74) is -0.599. The number of carbonyl (C=O) groups excluding carboxylic acids is 3. The van der Waals surface area contributed by atoms with E-state index in [9.17, 15) is 28.7 Å². The number of amides is 2. The number of hydrogen-bond donors (Lipinski definition) is 1. The van der Waals surface area contributed by atoms with Crippen molar-refractivity contribution >= 4 is 64.4 Å². The predicted molar refractivity (Wildman–Crippen MR) is 115 cm³/mol. The third kappa shape index (κ3) is 5.78. The van der Waals surface area contributed by atoms with Crippen LogP contribution in [0.4, 0.5) is 10.1 Å². The van der Waals surface area contributed by atoms with Crippen LogP contribution in [0, 0.1) is 5.82 Å². The van der Waals surface area contributed by atoms with Crippen LogP contribution in [-0.4, -0.2) is 47.1 Å². The highest BCUT2D eigenvalue weighted by molar-refractivity contribution is 8.00. The summed E-state index contributed by atoms with van der Waals surface area (Å²) in [5, 5.41) is 8.70. The average molecular weight is 492 g/mol. The monoisotopic (exact) mass is 491 g/mol. The van der Waals surface area contributed by atoms with Gasteiger partial charge in [-0.25, -0.2) is 14.1 Å². The van der Waals surface area contributed by atoms with Gasteiger partial charge in [0.15, 0.2) is 0 Å². The number of ether oxygens (including phenoxy) is 1. The van der Waals surface area contributed by atoms with E-state index in [1.807, 2.05) is 0 Å². The normalized spacial score (nSPS) is 14.7. The maximum atomic E-state index is 14.8. The number of carboxylic acid groups (broad SMARTS) is 1. The van der Waals surface area contributed by atoms with Gasteiger partial charge < -0.3 is 9.84 Å². The molecule has 0 bridgehead atoms. The van der Waals surface area contributed by atoms with Crippen molar-refractivity contribution in [2.45, 2.75) is 42.8 Å². The standard InChI is InChI=1S/C20H20Cl2FNO6S/c1-10(20(29)30-2)31-16-8-15(14(23)7-13(16)22)24(17(25)9-21)18(26)11-5-3-4-6-12(11)19(27)28/h7-8,10H,3-6,9H2,1-2H3,(H,27,28). The molecule has 0 radical (unpaired) electrons. The van der Waals surface area contributed by atoms with Crippen LogP contribution in [0.5, 0.6) is 0 Å². The first-order chi connectivity index (χ1) is 14.6. The lowest BCUT2D eigenvalue weighted by Gasteiger charge is -2.25. The molecule has 1 unspecified atom stereocenters. The number of methoxy groups -OCH3 is 1. The van der Waals surface area contributed by atoms with Crippen LogP contribution >= 0.6 is 35.0 Å². The summed E-state index contributed by atoms with van der Waals surface area (Å²) in [7, 11) is 1.22. The number of nitrogens with zero attached hydrogens (tertiary/aromatic N) is 1. The smallest absolute Gasteiger partial charge is 0.332 e. The van der Waals surface area contributed by atoms with Crippen LogP contribution < -0.4 is 4.90 Å². The molecule has 1 aromatic carbocycles. The molecule has 2 amide bonds. The highest BCUT2D eigenvalue weighted by Crippen LogP contribution is 2.37. The van der Waals surface area contributed by atoms with Gasteiger partial charge in [-0.05, 0) is 44.7 Å². The van der Waals surface area contributed by atoms with E-state index in [0.717, 1.165) is 23.9 Å². The number of halogens is 3. The van der Waals surface area contributed by atoms with Gasteiger partial charge >= 0.3 is 11.9 Å². The average Bonchev–Trinajstić information content (AvgIpc) is 2.75. The Hall–Kier alpha value is -2.10. The minimum absolute atomic E-state index is 0.0316. The number of alkyl halides is 1. The molecule has 168 valence electrons. The molecule has 1 aromatic rings. The summed E-state index contributed by atoms with van der Waals surface area (Å²) in [6.45, 7) is 1.55. The summed E-state index contributed by atoms with van der Waals surface area (Å²) >= 11 is 12.7. The van der Waals surface area contributed by atoms with Crippen molar-refractivity contribution in [2.75, 3.05) is 17.9 Å². The van der Waals surface area contributed by atoms with E-state index in [2.05, 4.69) is 4.74 Å². The number of carbonyl (C=O) groups is 4. The molecule has 0 aromatic heterocycles. The molecule has 2 rings (SSSR count). The molecule has 1 atom stereocenters. The molecule has 31 heavy (non-hydrogen) atoms. The molecule has 0 fully saturated rings. The van der Waals surface area contributed by atoms with Crippen molar-refractivity contribution in [1.82, 2.24) is 0 Å². The number of hydrogen-bond acceptors (Lipinski definition) is 6. The second-order valence-corrected chi connectivity index (χ2v) is 8.71. The van der Waals surface area contributed by atoms with Crippen molar-refractivity contribution in [3.05, 3.63) is 34.1 Å². The molecule has 11 heteroatoms. The Bertz CT molecular complexity index is 952. The van der Waals surface area contributed by atoms with Gasteiger partial charge in [0.05, 0.1) is 17.8 Å². The lowest BCUT2D eigenvalue weighted by molar-refractivity contribution is -0.139. The van der Waals surface area contributed by atoms with Crippen molar-refractivity contribution in [1.29, 1.82) is 0 Å². The molecule has 0 spiro atoms. The number of thioether (sulfide) groups is 1. The molecular weight excluding hydrogens is 472 g/mol. The molecule has 0 saturated carbocycles.